The van der Waals surface area contributed by atoms with Gasteiger partial charge in [0.1, 0.15) is 0 Å². The molecule has 0 saturated carbocycles. The van der Waals surface area contributed by atoms with Crippen LogP contribution in [0.15, 0.2) is 22.7 Å². The molecule has 1 atom stereocenters. The van der Waals surface area contributed by atoms with Crippen LogP contribution in [0.5, 0.6) is 5.75 Å². The van der Waals surface area contributed by atoms with Crippen LogP contribution in [0.25, 0.3) is 0 Å². The summed E-state index contributed by atoms with van der Waals surface area (Å²) in [5.74, 6) is -0.787. The Bertz CT molecular complexity index is 428. The van der Waals surface area contributed by atoms with E-state index in [2.05, 4.69) is 21.2 Å². The van der Waals surface area contributed by atoms with E-state index in [1.165, 1.54) is 12.1 Å². The Morgan fingerprint density at radius 2 is 2.32 bits per heavy atom. The Morgan fingerprint density at radius 1 is 1.58 bits per heavy atom. The number of hydrogen-bond donors (Lipinski definition) is 2. The predicted octanol–water partition coefficient (Wildman–Crippen LogP) is 2.24. The minimum atomic E-state index is -0.518. The van der Waals surface area contributed by atoms with Gasteiger partial charge in [-0.3, -0.25) is 4.79 Å². The van der Waals surface area contributed by atoms with Crippen LogP contribution in [0.2, 0.25) is 0 Å². The maximum absolute atomic E-state index is 13.4. The molecule has 0 aliphatic heterocycles. The van der Waals surface area contributed by atoms with Crippen molar-refractivity contribution in [2.45, 2.75) is 25.8 Å². The van der Waals surface area contributed by atoms with E-state index >= 15 is 0 Å². The zero-order valence-corrected chi connectivity index (χ0v) is 12.2. The lowest BCUT2D eigenvalue weighted by atomic mass is 10.2. The lowest BCUT2D eigenvalue weighted by molar-refractivity contribution is -0.123. The highest BCUT2D eigenvalue weighted by molar-refractivity contribution is 9.10. The summed E-state index contributed by atoms with van der Waals surface area (Å²) in [6.45, 7) is 1.70. The Kier molecular flexibility index (Phi) is 6.80. The normalized spacial score (nSPS) is 12.0. The van der Waals surface area contributed by atoms with E-state index < -0.39 is 5.82 Å². The SMILES string of the molecule is CC(CCCO)NC(=O)COc1ccc(Br)cc1F. The van der Waals surface area contributed by atoms with Crippen LogP contribution in [-0.2, 0) is 4.79 Å². The van der Waals surface area contributed by atoms with E-state index in [0.29, 0.717) is 17.3 Å². The minimum absolute atomic E-state index is 0.0429. The summed E-state index contributed by atoms with van der Waals surface area (Å²) in [6.07, 6.45) is 1.32. The van der Waals surface area contributed by atoms with Gasteiger partial charge in [-0.05, 0) is 38.0 Å². The highest BCUT2D eigenvalue weighted by atomic mass is 79.9. The predicted molar refractivity (Wildman–Crippen MR) is 73.5 cm³/mol. The molecule has 106 valence electrons. The van der Waals surface area contributed by atoms with Gasteiger partial charge in [0.15, 0.2) is 18.2 Å². The van der Waals surface area contributed by atoms with Gasteiger partial charge >= 0.3 is 0 Å². The number of benzene rings is 1. The van der Waals surface area contributed by atoms with Gasteiger partial charge in [-0.25, -0.2) is 4.39 Å². The first kappa shape index (κ1) is 15.9. The Hall–Kier alpha value is -1.14. The van der Waals surface area contributed by atoms with Gasteiger partial charge in [-0.1, -0.05) is 15.9 Å². The van der Waals surface area contributed by atoms with E-state index in [9.17, 15) is 9.18 Å². The molecule has 0 aliphatic carbocycles. The first-order valence-electron chi connectivity index (χ1n) is 6.01. The van der Waals surface area contributed by atoms with Crippen molar-refractivity contribution in [2.24, 2.45) is 0 Å². The van der Waals surface area contributed by atoms with Gasteiger partial charge < -0.3 is 15.2 Å². The van der Waals surface area contributed by atoms with Crippen molar-refractivity contribution >= 4 is 21.8 Å². The minimum Gasteiger partial charge on any atom is -0.481 e. The number of aliphatic hydroxyl groups is 1. The van der Waals surface area contributed by atoms with Crippen LogP contribution >= 0.6 is 15.9 Å². The molecule has 2 N–H and O–H groups in total. The molecule has 1 aromatic carbocycles. The summed E-state index contributed by atoms with van der Waals surface area (Å²) in [4.78, 5) is 11.5. The van der Waals surface area contributed by atoms with Gasteiger partial charge in [-0.15, -0.1) is 0 Å². The van der Waals surface area contributed by atoms with Crippen LogP contribution < -0.4 is 10.1 Å². The van der Waals surface area contributed by atoms with Gasteiger partial charge in [0.05, 0.1) is 0 Å². The van der Waals surface area contributed by atoms with Gasteiger partial charge in [-0.2, -0.15) is 0 Å². The number of carbonyl (C=O) groups is 1. The lowest BCUT2D eigenvalue weighted by Gasteiger charge is -2.13. The Morgan fingerprint density at radius 3 is 2.95 bits per heavy atom. The van der Waals surface area contributed by atoms with Crippen molar-refractivity contribution in [3.05, 3.63) is 28.5 Å². The van der Waals surface area contributed by atoms with Crippen molar-refractivity contribution < 1.29 is 19.0 Å². The summed E-state index contributed by atoms with van der Waals surface area (Å²) in [7, 11) is 0. The van der Waals surface area contributed by atoms with Crippen molar-refractivity contribution in [3.63, 3.8) is 0 Å². The number of ether oxygens (including phenoxy) is 1. The maximum Gasteiger partial charge on any atom is 0.258 e. The monoisotopic (exact) mass is 333 g/mol. The van der Waals surface area contributed by atoms with Gasteiger partial charge in [0.2, 0.25) is 0 Å². The molecule has 0 aromatic heterocycles. The fraction of sp³-hybridized carbons (Fsp3) is 0.462. The molecule has 0 heterocycles. The summed E-state index contributed by atoms with van der Waals surface area (Å²) >= 11 is 3.14. The van der Waals surface area contributed by atoms with E-state index in [0.717, 1.165) is 0 Å². The van der Waals surface area contributed by atoms with Gasteiger partial charge in [0, 0.05) is 17.1 Å². The van der Waals surface area contributed by atoms with Gasteiger partial charge in [0.25, 0.3) is 5.91 Å². The third kappa shape index (κ3) is 6.02. The molecular weight excluding hydrogens is 317 g/mol. The summed E-state index contributed by atoms with van der Waals surface area (Å²) in [5, 5.41) is 11.4. The van der Waals surface area contributed by atoms with E-state index in [1.807, 2.05) is 6.92 Å². The molecule has 6 heteroatoms. The third-order valence-corrected chi connectivity index (χ3v) is 2.95. The molecule has 1 rings (SSSR count). The molecule has 1 aromatic rings. The molecule has 1 unspecified atom stereocenters. The zero-order valence-electron chi connectivity index (χ0n) is 10.7. The summed E-state index contributed by atoms with van der Waals surface area (Å²) < 4.78 is 19.1. The van der Waals surface area contributed by atoms with E-state index in [4.69, 9.17) is 9.84 Å². The third-order valence-electron chi connectivity index (χ3n) is 2.46. The topological polar surface area (TPSA) is 58.6 Å². The van der Waals surface area contributed by atoms with Crippen LogP contribution in [-0.4, -0.2) is 30.3 Å². The molecule has 1 amide bonds. The number of carbonyl (C=O) groups excluding carboxylic acids is 1. The van der Waals surface area contributed by atoms with Crippen LogP contribution in [0.1, 0.15) is 19.8 Å². The first-order valence-corrected chi connectivity index (χ1v) is 6.80. The summed E-state index contributed by atoms with van der Waals surface area (Å²) in [6, 6.07) is 4.33. The highest BCUT2D eigenvalue weighted by Gasteiger charge is 2.10. The number of rotatable bonds is 7. The fourth-order valence-electron chi connectivity index (χ4n) is 1.52. The van der Waals surface area contributed by atoms with Crippen LogP contribution in [0, 0.1) is 5.82 Å². The number of halogens is 2. The second kappa shape index (κ2) is 8.12. The first-order chi connectivity index (χ1) is 9.02. The standard InChI is InChI=1S/C13H17BrFNO3/c1-9(3-2-6-17)16-13(18)8-19-12-5-4-10(14)7-11(12)15/h4-5,7,9,17H,2-3,6,8H2,1H3,(H,16,18). The number of nitrogens with one attached hydrogen (secondary N) is 1. The quantitative estimate of drug-likeness (QED) is 0.804. The molecule has 0 fully saturated rings. The second-order valence-corrected chi connectivity index (χ2v) is 5.11. The largest absolute Gasteiger partial charge is 0.481 e. The second-order valence-electron chi connectivity index (χ2n) is 4.20. The molecule has 19 heavy (non-hydrogen) atoms. The van der Waals surface area contributed by atoms with Crippen molar-refractivity contribution in [2.75, 3.05) is 13.2 Å². The average molecular weight is 334 g/mol. The molecule has 0 saturated heterocycles. The van der Waals surface area contributed by atoms with Crippen molar-refractivity contribution in [1.82, 2.24) is 5.32 Å². The molecule has 0 radical (unpaired) electrons. The van der Waals surface area contributed by atoms with Crippen molar-refractivity contribution in [1.29, 1.82) is 0 Å². The number of hydrogen-bond acceptors (Lipinski definition) is 3. The number of amides is 1. The van der Waals surface area contributed by atoms with Crippen molar-refractivity contribution in [3.8, 4) is 5.75 Å². The molecule has 0 bridgehead atoms. The smallest absolute Gasteiger partial charge is 0.258 e. The zero-order chi connectivity index (χ0) is 14.3. The van der Waals surface area contributed by atoms with E-state index in [1.54, 1.807) is 6.07 Å². The highest BCUT2D eigenvalue weighted by Crippen LogP contribution is 2.21. The Balaban J connectivity index is 2.37. The van der Waals surface area contributed by atoms with Crippen LogP contribution in [0.3, 0.4) is 0 Å². The van der Waals surface area contributed by atoms with E-state index in [-0.39, 0.29) is 30.9 Å². The Labute approximate surface area is 120 Å². The molecule has 0 spiro atoms. The molecule has 0 aliphatic rings. The molecular formula is C13H17BrFNO3. The average Bonchev–Trinajstić information content (AvgIpc) is 2.35. The van der Waals surface area contributed by atoms with Crippen LogP contribution in [0.4, 0.5) is 4.39 Å². The summed E-state index contributed by atoms with van der Waals surface area (Å²) in [5.41, 5.74) is 0. The lowest BCUT2D eigenvalue weighted by Crippen LogP contribution is -2.36. The fourth-order valence-corrected chi connectivity index (χ4v) is 1.85. The molecule has 4 nitrogen and oxygen atoms in total. The number of aliphatic hydroxyl groups excluding tert-OH is 1. The maximum atomic E-state index is 13.4.